The van der Waals surface area contributed by atoms with Crippen LogP contribution in [0.15, 0.2) is 24.3 Å². The predicted octanol–water partition coefficient (Wildman–Crippen LogP) is 1.66. The van der Waals surface area contributed by atoms with Crippen molar-refractivity contribution in [3.05, 3.63) is 35.4 Å². The second-order valence-corrected chi connectivity index (χ2v) is 7.23. The van der Waals surface area contributed by atoms with Crippen LogP contribution in [0, 0.1) is 5.92 Å². The van der Waals surface area contributed by atoms with Crippen molar-refractivity contribution in [3.63, 3.8) is 0 Å². The van der Waals surface area contributed by atoms with Crippen molar-refractivity contribution in [2.45, 2.75) is 32.6 Å². The minimum absolute atomic E-state index is 0.0427. The highest BCUT2D eigenvalue weighted by Gasteiger charge is 2.10. The largest absolute Gasteiger partial charge is 0.392 e. The summed E-state index contributed by atoms with van der Waals surface area (Å²) in [5, 5.41) is 8.94. The van der Waals surface area contributed by atoms with Crippen LogP contribution in [0.1, 0.15) is 31.4 Å². The van der Waals surface area contributed by atoms with E-state index in [4.69, 9.17) is 9.84 Å². The first-order valence-electron chi connectivity index (χ1n) is 7.16. The van der Waals surface area contributed by atoms with Gasteiger partial charge in [-0.3, -0.25) is 0 Å². The molecule has 0 spiro atoms. The summed E-state index contributed by atoms with van der Waals surface area (Å²) in [5.74, 6) is 0.522. The SMILES string of the molecule is CC(C)CCOCCNS(=O)(=O)Cc1ccc(CO)cc1. The van der Waals surface area contributed by atoms with Crippen LogP contribution in [0.2, 0.25) is 0 Å². The van der Waals surface area contributed by atoms with E-state index in [0.717, 1.165) is 12.0 Å². The summed E-state index contributed by atoms with van der Waals surface area (Å²) < 4.78 is 31.6. The van der Waals surface area contributed by atoms with E-state index in [1.54, 1.807) is 24.3 Å². The molecule has 120 valence electrons. The fourth-order valence-corrected chi connectivity index (χ4v) is 2.83. The first-order chi connectivity index (χ1) is 9.93. The third-order valence-corrected chi connectivity index (χ3v) is 4.33. The van der Waals surface area contributed by atoms with E-state index in [0.29, 0.717) is 24.7 Å². The van der Waals surface area contributed by atoms with E-state index in [1.165, 1.54) is 0 Å². The van der Waals surface area contributed by atoms with Crippen LogP contribution in [-0.2, 0) is 27.1 Å². The molecule has 6 heteroatoms. The van der Waals surface area contributed by atoms with E-state index in [9.17, 15) is 8.42 Å². The Kier molecular flexibility index (Phi) is 7.88. The number of hydrogen-bond acceptors (Lipinski definition) is 4. The zero-order valence-electron chi connectivity index (χ0n) is 12.7. The number of aliphatic hydroxyl groups is 1. The van der Waals surface area contributed by atoms with Gasteiger partial charge in [-0.2, -0.15) is 0 Å². The van der Waals surface area contributed by atoms with Gasteiger partial charge in [-0.15, -0.1) is 0 Å². The van der Waals surface area contributed by atoms with E-state index in [1.807, 2.05) is 0 Å². The number of sulfonamides is 1. The third-order valence-electron chi connectivity index (χ3n) is 2.97. The van der Waals surface area contributed by atoms with Crippen LogP contribution in [0.4, 0.5) is 0 Å². The Morgan fingerprint density at radius 2 is 1.76 bits per heavy atom. The van der Waals surface area contributed by atoms with Gasteiger partial charge < -0.3 is 9.84 Å². The normalized spacial score (nSPS) is 12.0. The highest BCUT2D eigenvalue weighted by molar-refractivity contribution is 7.88. The fraction of sp³-hybridized carbons (Fsp3) is 0.600. The lowest BCUT2D eigenvalue weighted by atomic mass is 10.1. The van der Waals surface area contributed by atoms with Gasteiger partial charge in [0.2, 0.25) is 10.0 Å². The number of rotatable bonds is 10. The molecule has 0 atom stereocenters. The zero-order valence-corrected chi connectivity index (χ0v) is 13.5. The number of aliphatic hydroxyl groups excluding tert-OH is 1. The second kappa shape index (κ2) is 9.15. The highest BCUT2D eigenvalue weighted by Crippen LogP contribution is 2.07. The minimum Gasteiger partial charge on any atom is -0.392 e. The van der Waals surface area contributed by atoms with Crippen molar-refractivity contribution in [1.82, 2.24) is 4.72 Å². The summed E-state index contributed by atoms with van der Waals surface area (Å²) >= 11 is 0. The molecule has 0 radical (unpaired) electrons. The molecule has 0 aliphatic heterocycles. The van der Waals surface area contributed by atoms with Crippen LogP contribution in [0.3, 0.4) is 0 Å². The molecule has 2 N–H and O–H groups in total. The Labute approximate surface area is 127 Å². The summed E-state index contributed by atoms with van der Waals surface area (Å²) in [5.41, 5.74) is 1.46. The Bertz CT molecular complexity index is 497. The first kappa shape index (κ1) is 18.1. The molecular weight excluding hydrogens is 290 g/mol. The van der Waals surface area contributed by atoms with Gasteiger partial charge in [-0.05, 0) is 23.5 Å². The van der Waals surface area contributed by atoms with Crippen LogP contribution in [0.25, 0.3) is 0 Å². The highest BCUT2D eigenvalue weighted by atomic mass is 32.2. The molecule has 1 rings (SSSR count). The number of ether oxygens (including phenoxy) is 1. The number of hydrogen-bond donors (Lipinski definition) is 2. The lowest BCUT2D eigenvalue weighted by Gasteiger charge is -2.09. The first-order valence-corrected chi connectivity index (χ1v) is 8.82. The van der Waals surface area contributed by atoms with Crippen LogP contribution in [-0.4, -0.2) is 33.3 Å². The van der Waals surface area contributed by atoms with Crippen molar-refractivity contribution in [3.8, 4) is 0 Å². The molecule has 0 heterocycles. The molecule has 0 fully saturated rings. The van der Waals surface area contributed by atoms with Gasteiger partial charge in [0.05, 0.1) is 19.0 Å². The van der Waals surface area contributed by atoms with Gasteiger partial charge in [0.1, 0.15) is 0 Å². The Morgan fingerprint density at radius 3 is 2.33 bits per heavy atom. The fourth-order valence-electron chi connectivity index (χ4n) is 1.70. The summed E-state index contributed by atoms with van der Waals surface area (Å²) in [6.07, 6.45) is 0.976. The maximum Gasteiger partial charge on any atom is 0.215 e. The topological polar surface area (TPSA) is 75.6 Å². The smallest absolute Gasteiger partial charge is 0.215 e. The summed E-state index contributed by atoms with van der Waals surface area (Å²) in [6, 6.07) is 6.87. The lowest BCUT2D eigenvalue weighted by Crippen LogP contribution is -2.28. The quantitative estimate of drug-likeness (QED) is 0.644. The molecule has 0 aromatic heterocycles. The van der Waals surface area contributed by atoms with E-state index >= 15 is 0 Å². The van der Waals surface area contributed by atoms with Gasteiger partial charge >= 0.3 is 0 Å². The Morgan fingerprint density at radius 1 is 1.14 bits per heavy atom. The molecular formula is C15H25NO4S. The molecule has 0 amide bonds. The number of nitrogens with one attached hydrogen (secondary N) is 1. The maximum absolute atomic E-state index is 11.9. The van der Waals surface area contributed by atoms with Crippen LogP contribution < -0.4 is 4.72 Å². The monoisotopic (exact) mass is 315 g/mol. The van der Waals surface area contributed by atoms with Gasteiger partial charge in [-0.25, -0.2) is 13.1 Å². The molecule has 0 unspecified atom stereocenters. The Hall–Kier alpha value is -0.950. The standard InChI is InChI=1S/C15H25NO4S/c1-13(2)7-9-20-10-8-16-21(18,19)12-15-5-3-14(11-17)4-6-15/h3-6,13,16-17H,7-12H2,1-2H3. The summed E-state index contributed by atoms with van der Waals surface area (Å²) in [4.78, 5) is 0. The average Bonchev–Trinajstić information content (AvgIpc) is 2.43. The molecule has 5 nitrogen and oxygen atoms in total. The second-order valence-electron chi connectivity index (χ2n) is 5.42. The van der Waals surface area contributed by atoms with Crippen LogP contribution >= 0.6 is 0 Å². The zero-order chi connectivity index (χ0) is 15.7. The van der Waals surface area contributed by atoms with Gasteiger partial charge in [0.15, 0.2) is 0 Å². The van der Waals surface area contributed by atoms with E-state index < -0.39 is 10.0 Å². The summed E-state index contributed by atoms with van der Waals surface area (Å²) in [7, 11) is -3.35. The molecule has 1 aromatic rings. The van der Waals surface area contributed by atoms with Crippen molar-refractivity contribution in [2.24, 2.45) is 5.92 Å². The Balaban J connectivity index is 2.29. The van der Waals surface area contributed by atoms with Crippen LogP contribution in [0.5, 0.6) is 0 Å². The van der Waals surface area contributed by atoms with Gasteiger partial charge in [0, 0.05) is 13.2 Å². The average molecular weight is 315 g/mol. The third kappa shape index (κ3) is 8.16. The maximum atomic E-state index is 11.9. The summed E-state index contributed by atoms with van der Waals surface area (Å²) in [6.45, 7) is 5.52. The minimum atomic E-state index is -3.35. The van der Waals surface area contributed by atoms with Gasteiger partial charge in [-0.1, -0.05) is 38.1 Å². The molecule has 0 saturated carbocycles. The number of benzene rings is 1. The van der Waals surface area contributed by atoms with Crippen molar-refractivity contribution in [2.75, 3.05) is 19.8 Å². The van der Waals surface area contributed by atoms with Gasteiger partial charge in [0.25, 0.3) is 0 Å². The molecule has 21 heavy (non-hydrogen) atoms. The van der Waals surface area contributed by atoms with E-state index in [2.05, 4.69) is 18.6 Å². The van der Waals surface area contributed by atoms with Crippen molar-refractivity contribution in [1.29, 1.82) is 0 Å². The molecule has 0 bridgehead atoms. The van der Waals surface area contributed by atoms with Crippen molar-refractivity contribution >= 4 is 10.0 Å². The lowest BCUT2D eigenvalue weighted by molar-refractivity contribution is 0.128. The molecule has 0 aliphatic rings. The predicted molar refractivity (Wildman–Crippen MR) is 83.3 cm³/mol. The molecule has 1 aromatic carbocycles. The van der Waals surface area contributed by atoms with E-state index in [-0.39, 0.29) is 18.9 Å². The molecule has 0 saturated heterocycles. The van der Waals surface area contributed by atoms with Crippen molar-refractivity contribution < 1.29 is 18.3 Å². The molecule has 0 aliphatic carbocycles.